The molecule has 0 aromatic heterocycles. The third-order valence-corrected chi connectivity index (χ3v) is 3.50. The summed E-state index contributed by atoms with van der Waals surface area (Å²) >= 11 is 4.52. The summed E-state index contributed by atoms with van der Waals surface area (Å²) < 4.78 is 0. The van der Waals surface area contributed by atoms with E-state index < -0.39 is 0 Å². The second kappa shape index (κ2) is 4.39. The Kier molecular flexibility index (Phi) is 3.77. The lowest BCUT2D eigenvalue weighted by Crippen LogP contribution is -2.20. The van der Waals surface area contributed by atoms with Crippen molar-refractivity contribution in [2.24, 2.45) is 11.8 Å². The molecular weight excluding hydrogens is 152 g/mol. The molecule has 0 radical (unpaired) electrons. The first kappa shape index (κ1) is 9.44. The van der Waals surface area contributed by atoms with E-state index in [1.165, 1.54) is 32.1 Å². The Morgan fingerprint density at radius 1 is 1.45 bits per heavy atom. The maximum atomic E-state index is 4.52. The van der Waals surface area contributed by atoms with Gasteiger partial charge in [-0.25, -0.2) is 0 Å². The molecule has 66 valence electrons. The van der Waals surface area contributed by atoms with Crippen LogP contribution in [0.15, 0.2) is 0 Å². The minimum Gasteiger partial charge on any atom is -0.176 e. The zero-order chi connectivity index (χ0) is 8.27. The third kappa shape index (κ3) is 2.70. The van der Waals surface area contributed by atoms with Gasteiger partial charge in [0.2, 0.25) is 0 Å². The minimum atomic E-state index is 0.615. The highest BCUT2D eigenvalue weighted by atomic mass is 32.1. The normalized spacial score (nSPS) is 35.2. The average Bonchev–Trinajstić information content (AvgIpc) is 2.05. The molecule has 0 heterocycles. The van der Waals surface area contributed by atoms with Crippen LogP contribution in [0.4, 0.5) is 0 Å². The van der Waals surface area contributed by atoms with Crippen molar-refractivity contribution in [1.82, 2.24) is 0 Å². The zero-order valence-electron chi connectivity index (χ0n) is 7.71. The van der Waals surface area contributed by atoms with Gasteiger partial charge in [-0.3, -0.25) is 0 Å². The standard InChI is InChI=1S/C10H20S/c1-3-9-5-4-6-10(7-9)8(2)11/h8-11H,3-7H2,1-2H3. The smallest absolute Gasteiger partial charge is 0.00168 e. The number of hydrogen-bond donors (Lipinski definition) is 1. The highest BCUT2D eigenvalue weighted by molar-refractivity contribution is 7.80. The Morgan fingerprint density at radius 3 is 2.73 bits per heavy atom. The first-order valence-corrected chi connectivity index (χ1v) is 5.43. The van der Waals surface area contributed by atoms with Gasteiger partial charge in [0.15, 0.2) is 0 Å². The molecule has 1 rings (SSSR count). The maximum Gasteiger partial charge on any atom is 0.00168 e. The fourth-order valence-corrected chi connectivity index (χ4v) is 2.41. The van der Waals surface area contributed by atoms with Crippen LogP contribution in [0.3, 0.4) is 0 Å². The summed E-state index contributed by atoms with van der Waals surface area (Å²) in [5.41, 5.74) is 0. The van der Waals surface area contributed by atoms with Crippen LogP contribution >= 0.6 is 12.6 Å². The lowest BCUT2D eigenvalue weighted by atomic mass is 9.79. The van der Waals surface area contributed by atoms with E-state index in [1.807, 2.05) is 0 Å². The largest absolute Gasteiger partial charge is 0.176 e. The second-order valence-corrected chi connectivity index (χ2v) is 4.76. The van der Waals surface area contributed by atoms with Crippen LogP contribution in [-0.4, -0.2) is 5.25 Å². The zero-order valence-corrected chi connectivity index (χ0v) is 8.61. The molecule has 0 bridgehead atoms. The van der Waals surface area contributed by atoms with Crippen molar-refractivity contribution < 1.29 is 0 Å². The summed E-state index contributed by atoms with van der Waals surface area (Å²) in [7, 11) is 0. The molecule has 0 aromatic carbocycles. The highest BCUT2D eigenvalue weighted by Crippen LogP contribution is 2.34. The van der Waals surface area contributed by atoms with E-state index in [9.17, 15) is 0 Å². The molecule has 11 heavy (non-hydrogen) atoms. The van der Waals surface area contributed by atoms with Gasteiger partial charge in [0.1, 0.15) is 0 Å². The SMILES string of the molecule is CCC1CCCC(C(C)S)C1. The van der Waals surface area contributed by atoms with Crippen molar-refractivity contribution in [2.75, 3.05) is 0 Å². The molecule has 0 saturated heterocycles. The van der Waals surface area contributed by atoms with Crippen molar-refractivity contribution in [3.63, 3.8) is 0 Å². The summed E-state index contributed by atoms with van der Waals surface area (Å²) in [6, 6.07) is 0. The molecule has 0 amide bonds. The summed E-state index contributed by atoms with van der Waals surface area (Å²) in [6.07, 6.45) is 7.13. The average molecular weight is 172 g/mol. The fraction of sp³-hybridized carbons (Fsp3) is 1.00. The molecule has 3 atom stereocenters. The van der Waals surface area contributed by atoms with Crippen LogP contribution in [0.25, 0.3) is 0 Å². The molecular formula is C10H20S. The van der Waals surface area contributed by atoms with Gasteiger partial charge in [0, 0.05) is 5.25 Å². The van der Waals surface area contributed by atoms with E-state index in [2.05, 4.69) is 26.5 Å². The molecule has 1 fully saturated rings. The highest BCUT2D eigenvalue weighted by Gasteiger charge is 2.22. The molecule has 0 aliphatic heterocycles. The van der Waals surface area contributed by atoms with Crippen molar-refractivity contribution in [1.29, 1.82) is 0 Å². The van der Waals surface area contributed by atoms with Gasteiger partial charge in [0.05, 0.1) is 0 Å². The Labute approximate surface area is 76.2 Å². The first-order chi connectivity index (χ1) is 5.24. The number of thiol groups is 1. The van der Waals surface area contributed by atoms with Gasteiger partial charge < -0.3 is 0 Å². The van der Waals surface area contributed by atoms with Crippen LogP contribution < -0.4 is 0 Å². The van der Waals surface area contributed by atoms with E-state index in [0.717, 1.165) is 11.8 Å². The molecule has 1 saturated carbocycles. The van der Waals surface area contributed by atoms with Gasteiger partial charge in [-0.05, 0) is 24.7 Å². The van der Waals surface area contributed by atoms with E-state index in [1.54, 1.807) is 0 Å². The minimum absolute atomic E-state index is 0.615. The summed E-state index contributed by atoms with van der Waals surface area (Å²) in [6.45, 7) is 4.56. The van der Waals surface area contributed by atoms with Crippen LogP contribution in [0, 0.1) is 11.8 Å². The Bertz CT molecular complexity index is 109. The van der Waals surface area contributed by atoms with Gasteiger partial charge in [0.25, 0.3) is 0 Å². The first-order valence-electron chi connectivity index (χ1n) is 4.92. The van der Waals surface area contributed by atoms with E-state index in [0.29, 0.717) is 5.25 Å². The Hall–Kier alpha value is 0.350. The molecule has 3 unspecified atom stereocenters. The molecule has 1 aliphatic rings. The van der Waals surface area contributed by atoms with E-state index >= 15 is 0 Å². The summed E-state index contributed by atoms with van der Waals surface area (Å²) in [5.74, 6) is 1.90. The molecule has 0 aromatic rings. The molecule has 1 aliphatic carbocycles. The van der Waals surface area contributed by atoms with Crippen molar-refractivity contribution in [2.45, 2.75) is 51.2 Å². The molecule has 0 N–H and O–H groups in total. The van der Waals surface area contributed by atoms with Crippen LogP contribution in [-0.2, 0) is 0 Å². The monoisotopic (exact) mass is 172 g/mol. The van der Waals surface area contributed by atoms with Crippen molar-refractivity contribution in [3.8, 4) is 0 Å². The predicted molar refractivity (Wildman–Crippen MR) is 54.2 cm³/mol. The van der Waals surface area contributed by atoms with E-state index in [-0.39, 0.29) is 0 Å². The summed E-state index contributed by atoms with van der Waals surface area (Å²) in [5, 5.41) is 0.615. The van der Waals surface area contributed by atoms with Crippen molar-refractivity contribution in [3.05, 3.63) is 0 Å². The molecule has 1 heteroatoms. The predicted octanol–water partition coefficient (Wildman–Crippen LogP) is 3.52. The fourth-order valence-electron chi connectivity index (χ4n) is 2.14. The number of rotatable bonds is 2. The third-order valence-electron chi connectivity index (χ3n) is 3.08. The molecule has 0 spiro atoms. The van der Waals surface area contributed by atoms with Crippen LogP contribution in [0.5, 0.6) is 0 Å². The quantitative estimate of drug-likeness (QED) is 0.605. The van der Waals surface area contributed by atoms with Crippen LogP contribution in [0.1, 0.15) is 46.0 Å². The Balaban J connectivity index is 2.33. The lowest BCUT2D eigenvalue weighted by molar-refractivity contribution is 0.261. The van der Waals surface area contributed by atoms with E-state index in [4.69, 9.17) is 0 Å². The lowest BCUT2D eigenvalue weighted by Gasteiger charge is -2.30. The number of hydrogen-bond acceptors (Lipinski definition) is 1. The second-order valence-electron chi connectivity index (χ2n) is 3.94. The van der Waals surface area contributed by atoms with Gasteiger partial charge in [-0.1, -0.05) is 33.1 Å². The van der Waals surface area contributed by atoms with Crippen molar-refractivity contribution >= 4 is 12.6 Å². The summed E-state index contributed by atoms with van der Waals surface area (Å²) in [4.78, 5) is 0. The molecule has 0 nitrogen and oxygen atoms in total. The topological polar surface area (TPSA) is 0 Å². The van der Waals surface area contributed by atoms with Gasteiger partial charge >= 0.3 is 0 Å². The maximum absolute atomic E-state index is 4.52. The van der Waals surface area contributed by atoms with Crippen LogP contribution in [0.2, 0.25) is 0 Å². The van der Waals surface area contributed by atoms with Gasteiger partial charge in [-0.15, -0.1) is 0 Å². The Morgan fingerprint density at radius 2 is 2.18 bits per heavy atom. The van der Waals surface area contributed by atoms with Gasteiger partial charge in [-0.2, -0.15) is 12.6 Å².